The fourth-order valence-electron chi connectivity index (χ4n) is 2.80. The average molecular weight is 280 g/mol. The maximum absolute atomic E-state index is 12.5. The van der Waals surface area contributed by atoms with E-state index in [4.69, 9.17) is 0 Å². The summed E-state index contributed by atoms with van der Waals surface area (Å²) in [4.78, 5) is 13.4. The third-order valence-corrected chi connectivity index (χ3v) is 4.19. The summed E-state index contributed by atoms with van der Waals surface area (Å²) in [6, 6.07) is 17.9. The Balaban J connectivity index is 2.20. The molecular weight excluding hydrogens is 264 g/mol. The quantitative estimate of drug-likeness (QED) is 0.802. The number of hydrogen-bond donors (Lipinski definition) is 1. The maximum Gasteiger partial charge on any atom is 0.173 e. The molecule has 0 aromatic heterocycles. The summed E-state index contributed by atoms with van der Waals surface area (Å²) in [6.07, 6.45) is 0. The molecule has 0 radical (unpaired) electrons. The summed E-state index contributed by atoms with van der Waals surface area (Å²) in [5.41, 5.74) is 3.67. The van der Waals surface area contributed by atoms with Gasteiger partial charge in [0.2, 0.25) is 0 Å². The predicted octanol–water partition coefficient (Wildman–Crippen LogP) is 4.50. The number of hydrogen-bond acceptors (Lipinski definition) is 2. The van der Waals surface area contributed by atoms with Gasteiger partial charge in [0.05, 0.1) is 5.41 Å². The van der Waals surface area contributed by atoms with Gasteiger partial charge in [0, 0.05) is 10.5 Å². The van der Waals surface area contributed by atoms with Crippen molar-refractivity contribution in [1.82, 2.24) is 0 Å². The third kappa shape index (κ3) is 1.92. The zero-order valence-electron chi connectivity index (χ0n) is 11.6. The second kappa shape index (κ2) is 4.64. The molecule has 2 aromatic carbocycles. The second-order valence-corrected chi connectivity index (χ2v) is 6.13. The topological polar surface area (TPSA) is 17.1 Å². The smallest absolute Gasteiger partial charge is 0.173 e. The van der Waals surface area contributed by atoms with E-state index in [9.17, 15) is 4.79 Å². The standard InChI is InChI=1S/C18H16OS/c1-18(2)16(13-8-10-14(20)11-9-13)15(17(18)19)12-6-4-3-5-7-12/h3-11,20H,1-2H3. The molecule has 2 heteroatoms. The normalized spacial score (nSPS) is 17.1. The number of thiol groups is 1. The number of carbonyl (C=O) groups excluding carboxylic acids is 1. The molecule has 1 aliphatic rings. The molecule has 0 atom stereocenters. The summed E-state index contributed by atoms with van der Waals surface area (Å²) in [5.74, 6) is 0.216. The van der Waals surface area contributed by atoms with Crippen LogP contribution >= 0.6 is 12.6 Å². The molecular formula is C18H16OS. The molecule has 0 saturated heterocycles. The highest BCUT2D eigenvalue weighted by Gasteiger charge is 2.46. The van der Waals surface area contributed by atoms with E-state index in [1.54, 1.807) is 0 Å². The van der Waals surface area contributed by atoms with Gasteiger partial charge in [-0.3, -0.25) is 4.79 Å². The van der Waals surface area contributed by atoms with Crippen LogP contribution in [0.2, 0.25) is 0 Å². The van der Waals surface area contributed by atoms with E-state index in [1.165, 1.54) is 0 Å². The molecule has 0 aliphatic heterocycles. The maximum atomic E-state index is 12.5. The van der Waals surface area contributed by atoms with Crippen LogP contribution in [-0.4, -0.2) is 5.78 Å². The highest BCUT2D eigenvalue weighted by molar-refractivity contribution is 7.80. The molecule has 0 N–H and O–H groups in total. The predicted molar refractivity (Wildman–Crippen MR) is 85.7 cm³/mol. The Morgan fingerprint density at radius 1 is 0.850 bits per heavy atom. The van der Waals surface area contributed by atoms with E-state index >= 15 is 0 Å². The summed E-state index contributed by atoms with van der Waals surface area (Å²) in [5, 5.41) is 0. The lowest BCUT2D eigenvalue weighted by Gasteiger charge is -2.39. The highest BCUT2D eigenvalue weighted by Crippen LogP contribution is 2.52. The van der Waals surface area contributed by atoms with Crippen LogP contribution in [-0.2, 0) is 4.79 Å². The number of allylic oxidation sites excluding steroid dienone is 2. The molecule has 0 heterocycles. The Kier molecular flexibility index (Phi) is 3.06. The molecule has 0 saturated carbocycles. The van der Waals surface area contributed by atoms with Gasteiger partial charge in [-0.1, -0.05) is 42.5 Å². The molecule has 3 rings (SSSR count). The van der Waals surface area contributed by atoms with Gasteiger partial charge >= 0.3 is 0 Å². The number of rotatable bonds is 2. The number of benzene rings is 2. The van der Waals surface area contributed by atoms with Gasteiger partial charge in [-0.2, -0.15) is 0 Å². The van der Waals surface area contributed by atoms with Gasteiger partial charge < -0.3 is 0 Å². The number of Topliss-reactive ketones (excluding diaryl/α,β-unsaturated/α-hetero) is 1. The van der Waals surface area contributed by atoms with Crippen LogP contribution in [0.5, 0.6) is 0 Å². The van der Waals surface area contributed by atoms with Gasteiger partial charge in [-0.05, 0) is 42.7 Å². The van der Waals surface area contributed by atoms with E-state index in [-0.39, 0.29) is 5.78 Å². The molecule has 1 nitrogen and oxygen atoms in total. The lowest BCUT2D eigenvalue weighted by atomic mass is 9.61. The van der Waals surface area contributed by atoms with Crippen LogP contribution in [0.25, 0.3) is 11.1 Å². The first-order valence-corrected chi connectivity index (χ1v) is 7.11. The van der Waals surface area contributed by atoms with Crippen molar-refractivity contribution in [3.8, 4) is 0 Å². The molecule has 0 spiro atoms. The Morgan fingerprint density at radius 2 is 1.45 bits per heavy atom. The van der Waals surface area contributed by atoms with Gasteiger partial charge in [-0.15, -0.1) is 12.6 Å². The van der Waals surface area contributed by atoms with Gasteiger partial charge in [0.15, 0.2) is 5.78 Å². The molecule has 100 valence electrons. The highest BCUT2D eigenvalue weighted by atomic mass is 32.1. The van der Waals surface area contributed by atoms with Crippen molar-refractivity contribution in [2.45, 2.75) is 18.7 Å². The van der Waals surface area contributed by atoms with Crippen molar-refractivity contribution in [1.29, 1.82) is 0 Å². The summed E-state index contributed by atoms with van der Waals surface area (Å²) in [7, 11) is 0. The van der Waals surface area contributed by atoms with Crippen LogP contribution in [0.3, 0.4) is 0 Å². The summed E-state index contributed by atoms with van der Waals surface area (Å²) in [6.45, 7) is 3.98. The van der Waals surface area contributed by atoms with Gasteiger partial charge in [0.25, 0.3) is 0 Å². The van der Waals surface area contributed by atoms with Crippen LogP contribution < -0.4 is 0 Å². The van der Waals surface area contributed by atoms with Crippen LogP contribution in [0.4, 0.5) is 0 Å². The van der Waals surface area contributed by atoms with E-state index in [0.29, 0.717) is 0 Å². The van der Waals surface area contributed by atoms with E-state index in [2.05, 4.69) is 12.6 Å². The third-order valence-electron chi connectivity index (χ3n) is 3.89. The monoisotopic (exact) mass is 280 g/mol. The molecule has 2 aromatic rings. The Morgan fingerprint density at radius 3 is 2.05 bits per heavy atom. The van der Waals surface area contributed by atoms with E-state index in [0.717, 1.165) is 27.2 Å². The zero-order chi connectivity index (χ0) is 14.3. The first kappa shape index (κ1) is 13.2. The number of carbonyl (C=O) groups is 1. The lowest BCUT2D eigenvalue weighted by Crippen LogP contribution is -2.37. The second-order valence-electron chi connectivity index (χ2n) is 5.62. The number of ketones is 1. The minimum Gasteiger partial charge on any atom is -0.293 e. The Bertz CT molecular complexity index is 694. The SMILES string of the molecule is CC1(C)C(=O)C(c2ccccc2)=C1c1ccc(S)cc1. The molecule has 0 unspecified atom stereocenters. The first-order chi connectivity index (χ1) is 9.51. The molecule has 0 bridgehead atoms. The first-order valence-electron chi connectivity index (χ1n) is 6.66. The van der Waals surface area contributed by atoms with Crippen LogP contribution in [0, 0.1) is 5.41 Å². The summed E-state index contributed by atoms with van der Waals surface area (Å²) >= 11 is 4.32. The fourth-order valence-corrected chi connectivity index (χ4v) is 2.95. The van der Waals surface area contributed by atoms with Crippen molar-refractivity contribution in [3.63, 3.8) is 0 Å². The molecule has 1 aliphatic carbocycles. The van der Waals surface area contributed by atoms with Crippen molar-refractivity contribution in [2.75, 3.05) is 0 Å². The van der Waals surface area contributed by atoms with Crippen molar-refractivity contribution >= 4 is 29.6 Å². The largest absolute Gasteiger partial charge is 0.293 e. The molecule has 0 fully saturated rings. The van der Waals surface area contributed by atoms with Gasteiger partial charge in [-0.25, -0.2) is 0 Å². The van der Waals surface area contributed by atoms with E-state index in [1.807, 2.05) is 68.4 Å². The minimum atomic E-state index is -0.413. The fraction of sp³-hybridized carbons (Fsp3) is 0.167. The lowest BCUT2D eigenvalue weighted by molar-refractivity contribution is -0.120. The Labute approximate surface area is 124 Å². The molecule has 0 amide bonds. The Hall–Kier alpha value is -1.80. The average Bonchev–Trinajstić information content (AvgIpc) is 2.46. The van der Waals surface area contributed by atoms with E-state index < -0.39 is 5.41 Å². The van der Waals surface area contributed by atoms with Crippen molar-refractivity contribution in [2.24, 2.45) is 5.41 Å². The van der Waals surface area contributed by atoms with Crippen molar-refractivity contribution in [3.05, 3.63) is 65.7 Å². The van der Waals surface area contributed by atoms with Crippen LogP contribution in [0.15, 0.2) is 59.5 Å². The summed E-state index contributed by atoms with van der Waals surface area (Å²) < 4.78 is 0. The zero-order valence-corrected chi connectivity index (χ0v) is 12.4. The molecule has 20 heavy (non-hydrogen) atoms. The van der Waals surface area contributed by atoms with Gasteiger partial charge in [0.1, 0.15) is 0 Å². The minimum absolute atomic E-state index is 0.216. The van der Waals surface area contributed by atoms with Crippen molar-refractivity contribution < 1.29 is 4.79 Å². The van der Waals surface area contributed by atoms with Crippen LogP contribution in [0.1, 0.15) is 25.0 Å².